The van der Waals surface area contributed by atoms with Crippen LogP contribution in [-0.4, -0.2) is 31.4 Å². The van der Waals surface area contributed by atoms with Gasteiger partial charge in [0, 0.05) is 16.3 Å². The first-order chi connectivity index (χ1) is 11.0. The van der Waals surface area contributed by atoms with Crippen LogP contribution >= 0.6 is 23.2 Å². The van der Waals surface area contributed by atoms with Crippen LogP contribution in [0.3, 0.4) is 0 Å². The predicted octanol–water partition coefficient (Wildman–Crippen LogP) is 3.56. The van der Waals surface area contributed by atoms with Crippen LogP contribution in [0.1, 0.15) is 25.3 Å². The second-order valence-electron chi connectivity index (χ2n) is 6.78. The fraction of sp³-hybridized carbons (Fsp3) is 0.529. The molecule has 0 aliphatic heterocycles. The Kier molecular flexibility index (Phi) is 4.68. The summed E-state index contributed by atoms with van der Waals surface area (Å²) in [6.07, 6.45) is 5.78. The third-order valence-electron chi connectivity index (χ3n) is 5.33. The van der Waals surface area contributed by atoms with Gasteiger partial charge in [-0.1, -0.05) is 30.7 Å². The van der Waals surface area contributed by atoms with Crippen molar-refractivity contribution >= 4 is 23.2 Å². The van der Waals surface area contributed by atoms with E-state index in [1.165, 1.54) is 11.9 Å². The molecule has 0 unspecified atom stereocenters. The molecule has 0 amide bonds. The van der Waals surface area contributed by atoms with Crippen molar-refractivity contribution in [1.29, 1.82) is 0 Å². The summed E-state index contributed by atoms with van der Waals surface area (Å²) in [6.45, 7) is 2.48. The Hall–Kier alpha value is -1.10. The maximum atomic E-state index is 11.6. The van der Waals surface area contributed by atoms with Crippen molar-refractivity contribution in [2.75, 3.05) is 5.88 Å². The molecule has 3 atom stereocenters. The smallest absolute Gasteiger partial charge is 0.137 e. The predicted molar refractivity (Wildman–Crippen MR) is 91.7 cm³/mol. The standard InChI is InChI=1S/C17H21Cl2N3O/c1-16(9-18)7-6-14(8-13-2-4-15(19)5-3-13)17(16,23)10-22-12-20-11-21-22/h2-5,11-12,14,23H,6-10H2,1H3/t14-,16+,17+/m1/s1. The molecule has 1 aliphatic carbocycles. The molecule has 2 aromatic rings. The SMILES string of the molecule is C[C@@]1(CCl)CC[C@H](Cc2ccc(Cl)cc2)[C@@]1(O)Cn1cncn1. The number of hydrogen-bond acceptors (Lipinski definition) is 3. The van der Waals surface area contributed by atoms with Gasteiger partial charge in [-0.2, -0.15) is 5.10 Å². The minimum atomic E-state index is -0.915. The molecule has 1 aliphatic rings. The quantitative estimate of drug-likeness (QED) is 0.836. The molecular weight excluding hydrogens is 333 g/mol. The highest BCUT2D eigenvalue weighted by atomic mass is 35.5. The molecule has 1 saturated carbocycles. The maximum absolute atomic E-state index is 11.6. The van der Waals surface area contributed by atoms with Gasteiger partial charge in [0.15, 0.2) is 0 Å². The van der Waals surface area contributed by atoms with Gasteiger partial charge >= 0.3 is 0 Å². The highest BCUT2D eigenvalue weighted by Gasteiger charge is 2.56. The molecule has 1 aromatic heterocycles. The van der Waals surface area contributed by atoms with Crippen molar-refractivity contribution < 1.29 is 5.11 Å². The first kappa shape index (κ1) is 16.7. The normalized spacial score (nSPS) is 30.7. The number of aliphatic hydroxyl groups is 1. The molecule has 1 heterocycles. The van der Waals surface area contributed by atoms with E-state index in [0.717, 1.165) is 24.3 Å². The zero-order chi connectivity index (χ0) is 16.5. The number of aromatic nitrogens is 3. The molecule has 1 aromatic carbocycles. The first-order valence-corrected chi connectivity index (χ1v) is 8.73. The molecule has 4 nitrogen and oxygen atoms in total. The van der Waals surface area contributed by atoms with E-state index in [1.807, 2.05) is 24.3 Å². The number of hydrogen-bond donors (Lipinski definition) is 1. The Bertz CT molecular complexity index is 646. The van der Waals surface area contributed by atoms with Crippen LogP contribution in [0.25, 0.3) is 0 Å². The van der Waals surface area contributed by atoms with Crippen molar-refractivity contribution in [3.05, 3.63) is 47.5 Å². The summed E-state index contributed by atoms with van der Waals surface area (Å²) in [7, 11) is 0. The third-order valence-corrected chi connectivity index (χ3v) is 6.17. The van der Waals surface area contributed by atoms with E-state index in [4.69, 9.17) is 23.2 Å². The monoisotopic (exact) mass is 353 g/mol. The number of rotatable bonds is 5. The third kappa shape index (κ3) is 3.12. The summed E-state index contributed by atoms with van der Waals surface area (Å²) < 4.78 is 1.70. The average Bonchev–Trinajstić information content (AvgIpc) is 3.12. The summed E-state index contributed by atoms with van der Waals surface area (Å²) in [5.41, 5.74) is -0.0742. The van der Waals surface area contributed by atoms with E-state index >= 15 is 0 Å². The number of alkyl halides is 1. The van der Waals surface area contributed by atoms with Crippen LogP contribution in [-0.2, 0) is 13.0 Å². The van der Waals surface area contributed by atoms with Gasteiger partial charge in [0.25, 0.3) is 0 Å². The molecule has 1 fully saturated rings. The summed E-state index contributed by atoms with van der Waals surface area (Å²) in [5, 5.41) is 16.4. The van der Waals surface area contributed by atoms with Gasteiger partial charge in [0.1, 0.15) is 12.7 Å². The second kappa shape index (κ2) is 6.42. The van der Waals surface area contributed by atoms with E-state index in [1.54, 1.807) is 11.0 Å². The molecule has 124 valence electrons. The van der Waals surface area contributed by atoms with Crippen LogP contribution in [0.5, 0.6) is 0 Å². The minimum Gasteiger partial charge on any atom is -0.387 e. The highest BCUT2D eigenvalue weighted by Crippen LogP contribution is 2.52. The van der Waals surface area contributed by atoms with Crippen LogP contribution in [0.4, 0.5) is 0 Å². The first-order valence-electron chi connectivity index (χ1n) is 7.82. The van der Waals surface area contributed by atoms with Crippen LogP contribution in [0, 0.1) is 11.3 Å². The molecule has 3 rings (SSSR count). The van der Waals surface area contributed by atoms with Crippen molar-refractivity contribution in [3.63, 3.8) is 0 Å². The zero-order valence-corrected chi connectivity index (χ0v) is 14.6. The number of nitrogens with zero attached hydrogens (tertiary/aromatic N) is 3. The van der Waals surface area contributed by atoms with Gasteiger partial charge in [-0.25, -0.2) is 4.98 Å². The fourth-order valence-corrected chi connectivity index (χ4v) is 4.17. The van der Waals surface area contributed by atoms with Crippen LogP contribution in [0.15, 0.2) is 36.9 Å². The van der Waals surface area contributed by atoms with E-state index < -0.39 is 5.60 Å². The molecule has 1 N–H and O–H groups in total. The lowest BCUT2D eigenvalue weighted by Crippen LogP contribution is -2.51. The molecular formula is C17H21Cl2N3O. The Balaban J connectivity index is 1.87. The Morgan fingerprint density at radius 2 is 2.09 bits per heavy atom. The van der Waals surface area contributed by atoms with Crippen LogP contribution < -0.4 is 0 Å². The zero-order valence-electron chi connectivity index (χ0n) is 13.1. The van der Waals surface area contributed by atoms with Crippen molar-refractivity contribution in [2.24, 2.45) is 11.3 Å². The number of halogens is 2. The molecule has 23 heavy (non-hydrogen) atoms. The van der Waals surface area contributed by atoms with Crippen LogP contribution in [0.2, 0.25) is 5.02 Å². The molecule has 6 heteroatoms. The van der Waals surface area contributed by atoms with E-state index in [2.05, 4.69) is 17.0 Å². The van der Waals surface area contributed by atoms with Crippen molar-refractivity contribution in [3.8, 4) is 0 Å². The summed E-state index contributed by atoms with van der Waals surface area (Å²) in [5.74, 6) is 0.548. The van der Waals surface area contributed by atoms with Crippen molar-refractivity contribution in [1.82, 2.24) is 14.8 Å². The molecule has 0 bridgehead atoms. The Morgan fingerprint density at radius 1 is 1.35 bits per heavy atom. The second-order valence-corrected chi connectivity index (χ2v) is 7.48. The van der Waals surface area contributed by atoms with E-state index in [9.17, 15) is 5.11 Å². The molecule has 0 saturated heterocycles. The summed E-state index contributed by atoms with van der Waals surface area (Å²) in [4.78, 5) is 3.98. The molecule has 0 radical (unpaired) electrons. The van der Waals surface area contributed by atoms with Gasteiger partial charge in [0.05, 0.1) is 12.1 Å². The van der Waals surface area contributed by atoms with Gasteiger partial charge < -0.3 is 5.11 Å². The lowest BCUT2D eigenvalue weighted by molar-refractivity contribution is -0.0891. The highest BCUT2D eigenvalue weighted by molar-refractivity contribution is 6.30. The van der Waals surface area contributed by atoms with Gasteiger partial charge in [-0.05, 0) is 42.9 Å². The van der Waals surface area contributed by atoms with E-state index in [0.29, 0.717) is 12.4 Å². The Morgan fingerprint density at radius 3 is 2.70 bits per heavy atom. The number of benzene rings is 1. The summed E-state index contributed by atoms with van der Waals surface area (Å²) >= 11 is 12.2. The average molecular weight is 354 g/mol. The van der Waals surface area contributed by atoms with Crippen molar-refractivity contribution in [2.45, 2.75) is 38.3 Å². The lowest BCUT2D eigenvalue weighted by Gasteiger charge is -2.42. The molecule has 0 spiro atoms. The fourth-order valence-electron chi connectivity index (χ4n) is 3.68. The topological polar surface area (TPSA) is 50.9 Å². The largest absolute Gasteiger partial charge is 0.387 e. The summed E-state index contributed by atoms with van der Waals surface area (Å²) in [6, 6.07) is 7.83. The Labute approximate surface area is 146 Å². The van der Waals surface area contributed by atoms with Gasteiger partial charge in [0.2, 0.25) is 0 Å². The van der Waals surface area contributed by atoms with Gasteiger partial charge in [-0.3, -0.25) is 4.68 Å². The van der Waals surface area contributed by atoms with E-state index in [-0.39, 0.29) is 11.3 Å². The minimum absolute atomic E-state index is 0.122. The maximum Gasteiger partial charge on any atom is 0.137 e. The van der Waals surface area contributed by atoms with Gasteiger partial charge in [-0.15, -0.1) is 11.6 Å². The lowest BCUT2D eigenvalue weighted by atomic mass is 9.72.